The third kappa shape index (κ3) is 9.09. The number of anilines is 1. The summed E-state index contributed by atoms with van der Waals surface area (Å²) in [4.78, 5) is 18.7. The highest BCUT2D eigenvalue weighted by Gasteiger charge is 2.55. The van der Waals surface area contributed by atoms with Crippen LogP contribution in [0.5, 0.6) is 0 Å². The van der Waals surface area contributed by atoms with Gasteiger partial charge >= 0.3 is 0 Å². The molecule has 1 saturated carbocycles. The van der Waals surface area contributed by atoms with E-state index in [1.54, 1.807) is 0 Å². The highest BCUT2D eigenvalue weighted by molar-refractivity contribution is 7.93. The summed E-state index contributed by atoms with van der Waals surface area (Å²) in [7, 11) is -6.19. The lowest BCUT2D eigenvalue weighted by Gasteiger charge is -2.29. The molecule has 7 rings (SSSR count). The summed E-state index contributed by atoms with van der Waals surface area (Å²) in [6, 6.07) is 6.58. The number of aryl methyl sites for hydroxylation is 1. The molecule has 12 nitrogen and oxygen atoms in total. The van der Waals surface area contributed by atoms with Gasteiger partial charge in [0.25, 0.3) is 18.3 Å². The zero-order valence-electron chi connectivity index (χ0n) is 33.5. The molecule has 336 valence electrons. The van der Waals surface area contributed by atoms with Gasteiger partial charge in [-0.25, -0.2) is 48.2 Å². The number of carbonyl (C=O) groups is 1. The quantitative estimate of drug-likeness (QED) is 0.0946. The van der Waals surface area contributed by atoms with Gasteiger partial charge in [0.1, 0.15) is 40.0 Å². The number of hydrogen-bond acceptors (Lipinski definition) is 8. The third-order valence-electron chi connectivity index (χ3n) is 10.6. The number of alkyl halides is 6. The number of rotatable bonds is 12. The second-order valence-electron chi connectivity index (χ2n) is 15.9. The molecule has 1 amide bonds. The first-order chi connectivity index (χ1) is 29.2. The molecule has 2 N–H and O–H groups in total. The van der Waals surface area contributed by atoms with Crippen molar-refractivity contribution in [2.45, 2.75) is 86.8 Å². The normalized spacial score (nSPS) is 16.7. The lowest BCUT2D eigenvalue weighted by molar-refractivity contribution is -0.123. The van der Waals surface area contributed by atoms with E-state index >= 15 is 17.6 Å². The molecule has 1 atom stereocenters. The van der Waals surface area contributed by atoms with Crippen LogP contribution in [0.25, 0.3) is 22.0 Å². The van der Waals surface area contributed by atoms with Crippen molar-refractivity contribution in [1.82, 2.24) is 29.9 Å². The van der Waals surface area contributed by atoms with Gasteiger partial charge in [-0.05, 0) is 74.9 Å². The monoisotopic (exact) mass is 945 g/mol. The molecule has 0 aliphatic heterocycles. The average Bonchev–Trinajstić information content (AvgIpc) is 3.88. The fourth-order valence-corrected chi connectivity index (χ4v) is 10.1. The van der Waals surface area contributed by atoms with Crippen LogP contribution in [0, 0.1) is 23.5 Å². The molecule has 0 saturated heterocycles. The second kappa shape index (κ2) is 16.1. The van der Waals surface area contributed by atoms with E-state index in [-0.39, 0.29) is 54.5 Å². The lowest BCUT2D eigenvalue weighted by Crippen LogP contribution is -2.37. The molecule has 3 heterocycles. The SMILES string of the molecule is Cn1nc(NS(C)(=O)=O)c2c(Cl)ccc(-c3ccc(C#CC(C)(C)S(=O)(=O)C4CC4)nc3[C@H](Cc3cc(F)cc(F)c3)NC(=O)Cn3nc(C(F)F)c4c3C(F)(F)CCC4(F)F)c21. The number of carbonyl (C=O) groups excluding carboxylic acids is 1. The molecule has 2 aliphatic rings. The van der Waals surface area contributed by atoms with Gasteiger partial charge in [-0.15, -0.1) is 0 Å². The van der Waals surface area contributed by atoms with Crippen molar-refractivity contribution in [1.29, 1.82) is 0 Å². The number of pyridine rings is 1. The van der Waals surface area contributed by atoms with Crippen LogP contribution >= 0.6 is 11.6 Å². The van der Waals surface area contributed by atoms with Crippen molar-refractivity contribution in [3.63, 3.8) is 0 Å². The Labute approximate surface area is 360 Å². The number of benzene rings is 2. The summed E-state index contributed by atoms with van der Waals surface area (Å²) in [6.07, 6.45) is -5.35. The Morgan fingerprint density at radius 3 is 2.21 bits per heavy atom. The van der Waals surface area contributed by atoms with Crippen LogP contribution in [0.1, 0.15) is 85.9 Å². The van der Waals surface area contributed by atoms with E-state index in [0.29, 0.717) is 18.9 Å². The van der Waals surface area contributed by atoms with Gasteiger partial charge in [-0.3, -0.25) is 18.9 Å². The highest BCUT2D eigenvalue weighted by atomic mass is 35.5. The van der Waals surface area contributed by atoms with Crippen LogP contribution in [-0.2, 0) is 56.5 Å². The van der Waals surface area contributed by atoms with Crippen molar-refractivity contribution in [2.75, 3.05) is 11.0 Å². The molecule has 3 aromatic heterocycles. The number of nitrogens with zero attached hydrogens (tertiary/aromatic N) is 5. The van der Waals surface area contributed by atoms with Crippen LogP contribution in [0.4, 0.5) is 40.9 Å². The molecule has 1 fully saturated rings. The summed E-state index contributed by atoms with van der Waals surface area (Å²) in [5.41, 5.74) is -4.71. The van der Waals surface area contributed by atoms with Gasteiger partial charge < -0.3 is 5.32 Å². The number of fused-ring (bicyclic) bond motifs is 2. The zero-order chi connectivity index (χ0) is 46.2. The lowest BCUT2D eigenvalue weighted by atomic mass is 9.89. The highest BCUT2D eigenvalue weighted by Crippen LogP contribution is 2.52. The molecule has 0 radical (unpaired) electrons. The van der Waals surface area contributed by atoms with Crippen molar-refractivity contribution in [2.24, 2.45) is 7.05 Å². The number of sulfone groups is 1. The largest absolute Gasteiger partial charge is 0.346 e. The topological polar surface area (TPSA) is 158 Å². The van der Waals surface area contributed by atoms with Gasteiger partial charge in [-0.1, -0.05) is 23.6 Å². The number of nitrogens with one attached hydrogen (secondary N) is 2. The number of sulfonamides is 1. The van der Waals surface area contributed by atoms with Gasteiger partial charge in [0, 0.05) is 37.1 Å². The Kier molecular flexibility index (Phi) is 11.7. The van der Waals surface area contributed by atoms with Crippen molar-refractivity contribution >= 4 is 54.1 Å². The van der Waals surface area contributed by atoms with Crippen LogP contribution in [0.2, 0.25) is 5.02 Å². The molecule has 23 heteroatoms. The number of halogens is 9. The Balaban J connectivity index is 1.42. The van der Waals surface area contributed by atoms with Crippen LogP contribution < -0.4 is 10.0 Å². The molecular formula is C40H36ClF8N7O5S2. The van der Waals surface area contributed by atoms with E-state index in [9.17, 15) is 39.2 Å². The Bertz CT molecular complexity index is 2960. The predicted molar refractivity (Wildman–Crippen MR) is 215 cm³/mol. The summed E-state index contributed by atoms with van der Waals surface area (Å²) < 4.78 is 171. The van der Waals surface area contributed by atoms with E-state index in [4.69, 9.17) is 11.6 Å². The molecule has 5 aromatic rings. The molecule has 0 unspecified atom stereocenters. The van der Waals surface area contributed by atoms with E-state index < -0.39 is 114 Å². The Hall–Kier alpha value is -5.27. The van der Waals surface area contributed by atoms with E-state index in [2.05, 4.69) is 37.1 Å². The summed E-state index contributed by atoms with van der Waals surface area (Å²) >= 11 is 6.58. The number of aromatic nitrogens is 5. The fourth-order valence-electron chi connectivity index (χ4n) is 7.55. The first-order valence-electron chi connectivity index (χ1n) is 19.0. The van der Waals surface area contributed by atoms with Gasteiger partial charge in [-0.2, -0.15) is 19.0 Å². The summed E-state index contributed by atoms with van der Waals surface area (Å²) in [5, 5.41) is 9.70. The minimum Gasteiger partial charge on any atom is -0.346 e. The Morgan fingerprint density at radius 2 is 1.59 bits per heavy atom. The molecule has 63 heavy (non-hydrogen) atoms. The van der Waals surface area contributed by atoms with E-state index in [0.717, 1.165) is 18.4 Å². The molecule has 2 aliphatic carbocycles. The average molecular weight is 946 g/mol. The van der Waals surface area contributed by atoms with E-state index in [1.807, 2.05) is 0 Å². The summed E-state index contributed by atoms with van der Waals surface area (Å²) in [5.74, 6) is -6.27. The maximum absolute atomic E-state index is 15.3. The van der Waals surface area contributed by atoms with E-state index in [1.165, 1.54) is 49.8 Å². The zero-order valence-corrected chi connectivity index (χ0v) is 35.9. The Morgan fingerprint density at radius 1 is 0.952 bits per heavy atom. The van der Waals surface area contributed by atoms with Crippen molar-refractivity contribution < 1.29 is 56.8 Å². The van der Waals surface area contributed by atoms with Crippen LogP contribution in [-0.4, -0.2) is 63.5 Å². The van der Waals surface area contributed by atoms with Crippen molar-refractivity contribution in [3.8, 4) is 23.0 Å². The smallest absolute Gasteiger partial charge is 0.290 e. The molecular weight excluding hydrogens is 910 g/mol. The second-order valence-corrected chi connectivity index (χ2v) is 20.8. The summed E-state index contributed by atoms with van der Waals surface area (Å²) in [6.45, 7) is 1.50. The predicted octanol–water partition coefficient (Wildman–Crippen LogP) is 7.86. The first kappa shape index (κ1) is 45.7. The minimum atomic E-state index is -4.14. The minimum absolute atomic E-state index is 0.0392. The van der Waals surface area contributed by atoms with Gasteiger partial charge in [0.05, 0.1) is 44.7 Å². The standard InChI is InChI=1S/C40H36ClF8N7O5S2/c1-38(2,63(60,61)24-6-7-24)12-11-23-5-8-25(26-9-10-27(41)30-34(26)55(3)53-37(30)54-62(4,58)59)32(50-23)28(17-20-15-21(42)18-22(43)16-20)51-29(57)19-56-35-31(33(52-56)36(44)45)39(46,47)13-14-40(35,48)49/h5,8-10,15-16,18,24,28,36H,6-7,13-14,17,19H2,1-4H3,(H,51,57)(H,53,54)/t28-/m0/s1. The van der Waals surface area contributed by atoms with Crippen LogP contribution in [0.3, 0.4) is 0 Å². The molecule has 0 bridgehead atoms. The first-order valence-corrected chi connectivity index (χ1v) is 22.8. The maximum Gasteiger partial charge on any atom is 0.290 e. The molecule has 2 aromatic carbocycles. The third-order valence-corrected chi connectivity index (χ3v) is 14.3. The number of amides is 1. The molecule has 0 spiro atoms. The maximum atomic E-state index is 15.3. The van der Waals surface area contributed by atoms with Gasteiger partial charge in [0.15, 0.2) is 15.7 Å². The number of hydrogen-bond donors (Lipinski definition) is 2. The van der Waals surface area contributed by atoms with Crippen molar-refractivity contribution in [3.05, 3.63) is 93.0 Å². The van der Waals surface area contributed by atoms with Crippen LogP contribution in [0.15, 0.2) is 42.5 Å². The van der Waals surface area contributed by atoms with Gasteiger partial charge in [0.2, 0.25) is 15.9 Å². The fraction of sp³-hybridized carbons (Fsp3) is 0.400.